The van der Waals surface area contributed by atoms with Crippen molar-refractivity contribution in [2.45, 2.75) is 32.7 Å². The summed E-state index contributed by atoms with van der Waals surface area (Å²) in [7, 11) is 1.78. The van der Waals surface area contributed by atoms with Crippen LogP contribution in [-0.2, 0) is 19.0 Å². The van der Waals surface area contributed by atoms with Gasteiger partial charge in [-0.05, 0) is 18.2 Å². The van der Waals surface area contributed by atoms with Gasteiger partial charge in [-0.3, -0.25) is 19.1 Å². The molecule has 3 aromatic rings. The molecule has 0 atom stereocenters. The molecule has 1 fully saturated rings. The molecule has 3 heterocycles. The Kier molecular flexibility index (Phi) is 5.66. The van der Waals surface area contributed by atoms with Crippen LogP contribution in [0.25, 0.3) is 10.9 Å². The Labute approximate surface area is 181 Å². The molecule has 0 unspecified atom stereocenters. The van der Waals surface area contributed by atoms with Crippen molar-refractivity contribution in [1.82, 2.24) is 24.2 Å². The molecule has 0 N–H and O–H groups in total. The van der Waals surface area contributed by atoms with Crippen molar-refractivity contribution in [2.75, 3.05) is 37.6 Å². The minimum atomic E-state index is -0.0934. The highest BCUT2D eigenvalue weighted by Crippen LogP contribution is 2.18. The zero-order chi connectivity index (χ0) is 22.2. The minimum absolute atomic E-state index is 0.0211. The number of benzene rings is 1. The summed E-state index contributed by atoms with van der Waals surface area (Å²) in [6, 6.07) is 10.9. The van der Waals surface area contributed by atoms with Gasteiger partial charge in [-0.1, -0.05) is 32.9 Å². The van der Waals surface area contributed by atoms with Crippen LogP contribution in [-0.4, -0.2) is 57.0 Å². The van der Waals surface area contributed by atoms with Crippen LogP contribution in [0, 0.1) is 0 Å². The van der Waals surface area contributed by atoms with Crippen molar-refractivity contribution in [3.05, 3.63) is 62.8 Å². The second kappa shape index (κ2) is 8.26. The molecule has 1 aromatic carbocycles. The van der Waals surface area contributed by atoms with Gasteiger partial charge in [0, 0.05) is 51.3 Å². The Balaban J connectivity index is 1.42. The fourth-order valence-electron chi connectivity index (χ4n) is 3.91. The van der Waals surface area contributed by atoms with Crippen LogP contribution in [0.15, 0.2) is 46.0 Å². The van der Waals surface area contributed by atoms with E-state index in [4.69, 9.17) is 4.98 Å². The van der Waals surface area contributed by atoms with E-state index >= 15 is 0 Å². The topological polar surface area (TPSA) is 76.3 Å². The maximum atomic E-state index is 12.7. The van der Waals surface area contributed by atoms with Crippen LogP contribution in [0.2, 0.25) is 0 Å². The van der Waals surface area contributed by atoms with Crippen LogP contribution in [0.1, 0.15) is 26.5 Å². The van der Waals surface area contributed by atoms with Gasteiger partial charge < -0.3 is 4.90 Å². The zero-order valence-corrected chi connectivity index (χ0v) is 18.7. The second-order valence-electron chi connectivity index (χ2n) is 9.15. The molecule has 4 rings (SSSR count). The summed E-state index contributed by atoms with van der Waals surface area (Å²) in [6.45, 7) is 10.9. The summed E-state index contributed by atoms with van der Waals surface area (Å²) < 4.78 is 3.21. The number of para-hydroxylation sites is 1. The molecule has 0 amide bonds. The smallest absolute Gasteiger partial charge is 0.266 e. The van der Waals surface area contributed by atoms with Gasteiger partial charge in [-0.25, -0.2) is 9.67 Å². The fraction of sp³-hybridized carbons (Fsp3) is 0.478. The number of anilines is 1. The molecule has 2 aromatic heterocycles. The van der Waals surface area contributed by atoms with Gasteiger partial charge in [0.05, 0.1) is 23.1 Å². The summed E-state index contributed by atoms with van der Waals surface area (Å²) in [5, 5.41) is 5.20. The van der Waals surface area contributed by atoms with Gasteiger partial charge in [0.25, 0.3) is 11.1 Å². The molecular formula is C23H30N6O2. The predicted octanol–water partition coefficient (Wildman–Crippen LogP) is 1.61. The average Bonchev–Trinajstić information content (AvgIpc) is 2.75. The lowest BCUT2D eigenvalue weighted by Gasteiger charge is -2.35. The lowest BCUT2D eigenvalue weighted by molar-refractivity contribution is 0.240. The Bertz CT molecular complexity index is 1200. The Morgan fingerprint density at radius 3 is 2.35 bits per heavy atom. The van der Waals surface area contributed by atoms with Crippen LogP contribution in [0.3, 0.4) is 0 Å². The predicted molar refractivity (Wildman–Crippen MR) is 123 cm³/mol. The molecule has 164 valence electrons. The maximum Gasteiger partial charge on any atom is 0.266 e. The third-order valence-corrected chi connectivity index (χ3v) is 5.88. The third kappa shape index (κ3) is 4.39. The molecular weight excluding hydrogens is 392 g/mol. The summed E-state index contributed by atoms with van der Waals surface area (Å²) in [4.78, 5) is 34.1. The van der Waals surface area contributed by atoms with Crippen molar-refractivity contribution in [2.24, 2.45) is 7.05 Å². The monoisotopic (exact) mass is 422 g/mol. The molecule has 0 saturated carbocycles. The summed E-state index contributed by atoms with van der Waals surface area (Å²) in [5.41, 5.74) is 1.46. The SMILES string of the molecule is Cn1c(N2CCN(CCn3nc(C(C)(C)C)ccc3=O)CC2)nc2ccccc2c1=O. The molecule has 0 aliphatic carbocycles. The number of piperazine rings is 1. The highest BCUT2D eigenvalue weighted by atomic mass is 16.1. The number of aromatic nitrogens is 4. The first kappa shape index (κ1) is 21.2. The minimum Gasteiger partial charge on any atom is -0.340 e. The van der Waals surface area contributed by atoms with Gasteiger partial charge in [0.2, 0.25) is 5.95 Å². The number of hydrogen-bond acceptors (Lipinski definition) is 6. The van der Waals surface area contributed by atoms with E-state index in [1.807, 2.05) is 30.3 Å². The first-order chi connectivity index (χ1) is 14.7. The molecule has 0 bridgehead atoms. The van der Waals surface area contributed by atoms with Crippen LogP contribution >= 0.6 is 0 Å². The summed E-state index contributed by atoms with van der Waals surface area (Å²) >= 11 is 0. The van der Waals surface area contributed by atoms with E-state index in [0.717, 1.165) is 43.9 Å². The third-order valence-electron chi connectivity index (χ3n) is 5.88. The molecule has 8 heteroatoms. The standard InChI is InChI=1S/C23H30N6O2/c1-23(2,3)19-9-10-20(30)29(25-19)16-13-27-11-14-28(15-12-27)22-24-18-8-6-5-7-17(18)21(31)26(22)4/h5-10H,11-16H2,1-4H3. The van der Waals surface area contributed by atoms with Crippen LogP contribution in [0.4, 0.5) is 5.95 Å². The van der Waals surface area contributed by atoms with E-state index in [9.17, 15) is 9.59 Å². The van der Waals surface area contributed by atoms with E-state index in [0.29, 0.717) is 17.9 Å². The molecule has 8 nitrogen and oxygen atoms in total. The summed E-state index contributed by atoms with van der Waals surface area (Å²) in [5.74, 6) is 0.708. The molecule has 0 spiro atoms. The normalized spacial score (nSPS) is 15.5. The number of fused-ring (bicyclic) bond motifs is 1. The number of rotatable bonds is 4. The van der Waals surface area contributed by atoms with Gasteiger partial charge in [0.15, 0.2) is 0 Å². The van der Waals surface area contributed by atoms with Crippen molar-refractivity contribution in [1.29, 1.82) is 0 Å². The van der Waals surface area contributed by atoms with Crippen molar-refractivity contribution in [3.63, 3.8) is 0 Å². The van der Waals surface area contributed by atoms with Gasteiger partial charge in [0.1, 0.15) is 0 Å². The average molecular weight is 423 g/mol. The van der Waals surface area contributed by atoms with E-state index in [1.54, 1.807) is 22.4 Å². The summed E-state index contributed by atoms with van der Waals surface area (Å²) in [6.07, 6.45) is 0. The number of nitrogens with zero attached hydrogens (tertiary/aromatic N) is 6. The maximum absolute atomic E-state index is 12.7. The van der Waals surface area contributed by atoms with E-state index < -0.39 is 0 Å². The Hall–Kier alpha value is -3.00. The molecule has 1 aliphatic heterocycles. The van der Waals surface area contributed by atoms with Gasteiger partial charge >= 0.3 is 0 Å². The van der Waals surface area contributed by atoms with Gasteiger partial charge in [-0.2, -0.15) is 5.10 Å². The first-order valence-electron chi connectivity index (χ1n) is 10.8. The molecule has 0 radical (unpaired) electrons. The quantitative estimate of drug-likeness (QED) is 0.636. The highest BCUT2D eigenvalue weighted by molar-refractivity contribution is 5.78. The van der Waals surface area contributed by atoms with Crippen molar-refractivity contribution < 1.29 is 0 Å². The van der Waals surface area contributed by atoms with Crippen LogP contribution < -0.4 is 16.0 Å². The highest BCUT2D eigenvalue weighted by Gasteiger charge is 2.22. The lowest BCUT2D eigenvalue weighted by atomic mass is 9.92. The van der Waals surface area contributed by atoms with Gasteiger partial charge in [-0.15, -0.1) is 0 Å². The fourth-order valence-corrected chi connectivity index (χ4v) is 3.91. The second-order valence-corrected chi connectivity index (χ2v) is 9.15. The molecule has 31 heavy (non-hydrogen) atoms. The largest absolute Gasteiger partial charge is 0.340 e. The number of hydrogen-bond donors (Lipinski definition) is 0. The Morgan fingerprint density at radius 1 is 0.935 bits per heavy atom. The molecule has 1 aliphatic rings. The first-order valence-corrected chi connectivity index (χ1v) is 10.8. The van der Waals surface area contributed by atoms with Crippen molar-refractivity contribution in [3.8, 4) is 0 Å². The zero-order valence-electron chi connectivity index (χ0n) is 18.7. The van der Waals surface area contributed by atoms with E-state index in [-0.39, 0.29) is 16.5 Å². The van der Waals surface area contributed by atoms with Crippen LogP contribution in [0.5, 0.6) is 0 Å². The lowest BCUT2D eigenvalue weighted by Crippen LogP contribution is -2.49. The van der Waals surface area contributed by atoms with E-state index in [1.165, 1.54) is 0 Å². The van der Waals surface area contributed by atoms with Crippen molar-refractivity contribution >= 4 is 16.9 Å². The Morgan fingerprint density at radius 2 is 1.65 bits per heavy atom. The molecule has 1 saturated heterocycles. The van der Waals surface area contributed by atoms with E-state index in [2.05, 4.69) is 35.7 Å².